The van der Waals surface area contributed by atoms with Gasteiger partial charge in [-0.1, -0.05) is 23.5 Å². The molecule has 0 unspecified atom stereocenters. The van der Waals surface area contributed by atoms with Crippen LogP contribution < -0.4 is 14.8 Å². The number of pyridine rings is 1. The summed E-state index contributed by atoms with van der Waals surface area (Å²) >= 11 is 1.51. The first-order valence-electron chi connectivity index (χ1n) is 10.5. The molecule has 0 fully saturated rings. The first kappa shape index (κ1) is 21.6. The van der Waals surface area contributed by atoms with E-state index in [4.69, 9.17) is 9.47 Å². The molecule has 0 aliphatic rings. The number of carbonyl (C=O) groups is 1. The summed E-state index contributed by atoms with van der Waals surface area (Å²) in [6, 6.07) is 16.8. The highest BCUT2D eigenvalue weighted by molar-refractivity contribution is 7.21. The van der Waals surface area contributed by atoms with Crippen molar-refractivity contribution in [2.75, 3.05) is 19.5 Å². The third-order valence-electron chi connectivity index (χ3n) is 5.40. The van der Waals surface area contributed by atoms with Gasteiger partial charge in [-0.25, -0.2) is 9.97 Å². The maximum atomic E-state index is 13.0. The molecule has 170 valence electrons. The van der Waals surface area contributed by atoms with Gasteiger partial charge < -0.3 is 14.8 Å². The lowest BCUT2D eigenvalue weighted by Gasteiger charge is -2.09. The molecule has 5 aromatic rings. The van der Waals surface area contributed by atoms with Crippen LogP contribution in [0, 0.1) is 6.92 Å². The van der Waals surface area contributed by atoms with Crippen molar-refractivity contribution in [2.45, 2.75) is 6.92 Å². The van der Waals surface area contributed by atoms with Gasteiger partial charge in [0.25, 0.3) is 5.91 Å². The number of H-pyrrole nitrogens is 1. The maximum Gasteiger partial charge on any atom is 0.273 e. The van der Waals surface area contributed by atoms with Crippen molar-refractivity contribution in [3.8, 4) is 33.3 Å². The molecule has 3 aromatic heterocycles. The van der Waals surface area contributed by atoms with E-state index in [1.807, 2.05) is 43.3 Å². The Bertz CT molecular complexity index is 1470. The number of aromatic nitrogens is 4. The Morgan fingerprint density at radius 1 is 1.06 bits per heavy atom. The Balaban J connectivity index is 1.41. The van der Waals surface area contributed by atoms with E-state index in [-0.39, 0.29) is 5.91 Å². The molecule has 34 heavy (non-hydrogen) atoms. The third kappa shape index (κ3) is 4.08. The predicted octanol–water partition coefficient (Wildman–Crippen LogP) is 5.33. The number of anilines is 1. The summed E-state index contributed by atoms with van der Waals surface area (Å²) in [7, 11) is 3.18. The molecule has 0 aliphatic heterocycles. The van der Waals surface area contributed by atoms with Gasteiger partial charge >= 0.3 is 0 Å². The van der Waals surface area contributed by atoms with Crippen molar-refractivity contribution in [3.63, 3.8) is 0 Å². The average Bonchev–Trinajstić information content (AvgIpc) is 3.52. The van der Waals surface area contributed by atoms with E-state index < -0.39 is 0 Å². The fourth-order valence-electron chi connectivity index (χ4n) is 3.56. The summed E-state index contributed by atoms with van der Waals surface area (Å²) in [5.74, 6) is 1.00. The monoisotopic (exact) mass is 471 g/mol. The van der Waals surface area contributed by atoms with E-state index in [1.165, 1.54) is 11.3 Å². The molecule has 5 rings (SSSR count). The van der Waals surface area contributed by atoms with Crippen molar-refractivity contribution in [3.05, 3.63) is 72.1 Å². The van der Waals surface area contributed by atoms with Crippen molar-refractivity contribution in [2.24, 2.45) is 0 Å². The number of thiazole rings is 1. The summed E-state index contributed by atoms with van der Waals surface area (Å²) in [6.07, 6.45) is 1.75. The highest BCUT2D eigenvalue weighted by Gasteiger charge is 2.16. The summed E-state index contributed by atoms with van der Waals surface area (Å²) < 4.78 is 10.7. The molecule has 8 nitrogen and oxygen atoms in total. The molecular formula is C25H21N5O3S. The highest BCUT2D eigenvalue weighted by Crippen LogP contribution is 2.33. The maximum absolute atomic E-state index is 13.0. The summed E-state index contributed by atoms with van der Waals surface area (Å²) in [6.45, 7) is 1.94. The molecule has 0 saturated carbocycles. The second-order valence-electron chi connectivity index (χ2n) is 7.56. The molecular weight excluding hydrogens is 450 g/mol. The normalized spacial score (nSPS) is 10.9. The van der Waals surface area contributed by atoms with Crippen LogP contribution in [0.1, 0.15) is 16.1 Å². The summed E-state index contributed by atoms with van der Waals surface area (Å²) in [5.41, 5.74) is 5.03. The van der Waals surface area contributed by atoms with Crippen LogP contribution in [0.4, 0.5) is 5.69 Å². The van der Waals surface area contributed by atoms with Gasteiger partial charge in [0.2, 0.25) is 0 Å². The van der Waals surface area contributed by atoms with E-state index in [9.17, 15) is 4.79 Å². The van der Waals surface area contributed by atoms with E-state index in [2.05, 4.69) is 25.5 Å². The standard InChI is InChI=1S/C25H21N5O3S/c1-14-6-7-15(24-28-18-5-4-10-26-25(18)34-24)11-19(14)27-23(31)21-13-20(29-30-21)17-12-16(32-2)8-9-22(17)33-3/h4-13H,1-3H3,(H,27,31)(H,29,30). The zero-order valence-electron chi connectivity index (χ0n) is 18.7. The van der Waals surface area contributed by atoms with Gasteiger partial charge in [0.15, 0.2) is 0 Å². The lowest BCUT2D eigenvalue weighted by molar-refractivity contribution is 0.102. The van der Waals surface area contributed by atoms with E-state index in [0.717, 1.165) is 32.0 Å². The Labute approximate surface area is 199 Å². The van der Waals surface area contributed by atoms with Crippen LogP contribution >= 0.6 is 11.3 Å². The van der Waals surface area contributed by atoms with Crippen LogP contribution in [0.15, 0.2) is 60.8 Å². The number of nitrogens with one attached hydrogen (secondary N) is 2. The molecule has 1 amide bonds. The topological polar surface area (TPSA) is 102 Å². The van der Waals surface area contributed by atoms with E-state index >= 15 is 0 Å². The van der Waals surface area contributed by atoms with Crippen molar-refractivity contribution < 1.29 is 14.3 Å². The van der Waals surface area contributed by atoms with Gasteiger partial charge in [0, 0.05) is 23.0 Å². The van der Waals surface area contributed by atoms with Crippen LogP contribution in [0.2, 0.25) is 0 Å². The van der Waals surface area contributed by atoms with Gasteiger partial charge in [-0.3, -0.25) is 9.89 Å². The van der Waals surface area contributed by atoms with Gasteiger partial charge in [0.1, 0.15) is 32.5 Å². The number of methoxy groups -OCH3 is 2. The fraction of sp³-hybridized carbons (Fsp3) is 0.120. The molecule has 0 bridgehead atoms. The Kier molecular flexibility index (Phi) is 5.69. The number of hydrogen-bond donors (Lipinski definition) is 2. The molecule has 0 saturated heterocycles. The van der Waals surface area contributed by atoms with Crippen LogP contribution in [-0.4, -0.2) is 40.3 Å². The number of carbonyl (C=O) groups excluding carboxylic acids is 1. The molecule has 2 N–H and O–H groups in total. The van der Waals surface area contributed by atoms with Gasteiger partial charge in [0.05, 0.1) is 19.9 Å². The predicted molar refractivity (Wildman–Crippen MR) is 133 cm³/mol. The molecule has 2 aromatic carbocycles. The SMILES string of the molecule is COc1ccc(OC)c(-c2cc(C(=O)Nc3cc(-c4nc5cccnc5s4)ccc3C)[nH]n2)c1. The highest BCUT2D eigenvalue weighted by atomic mass is 32.1. The van der Waals surface area contributed by atoms with Crippen LogP contribution in [-0.2, 0) is 0 Å². The Morgan fingerprint density at radius 3 is 2.74 bits per heavy atom. The number of amides is 1. The smallest absolute Gasteiger partial charge is 0.273 e. The average molecular weight is 472 g/mol. The van der Waals surface area contributed by atoms with Gasteiger partial charge in [-0.05, 0) is 55.0 Å². The molecule has 3 heterocycles. The first-order valence-corrected chi connectivity index (χ1v) is 11.3. The largest absolute Gasteiger partial charge is 0.497 e. The summed E-state index contributed by atoms with van der Waals surface area (Å²) in [4.78, 5) is 22.9. The Hall–Kier alpha value is -4.24. The summed E-state index contributed by atoms with van der Waals surface area (Å²) in [5, 5.41) is 11.0. The number of nitrogens with zero attached hydrogens (tertiary/aromatic N) is 3. The zero-order valence-corrected chi connectivity index (χ0v) is 19.6. The number of rotatable bonds is 6. The van der Waals surface area contributed by atoms with Crippen LogP contribution in [0.3, 0.4) is 0 Å². The van der Waals surface area contributed by atoms with Gasteiger partial charge in [-0.15, -0.1) is 0 Å². The minimum absolute atomic E-state index is 0.299. The van der Waals surface area contributed by atoms with Crippen LogP contribution in [0.5, 0.6) is 11.5 Å². The molecule has 0 spiro atoms. The molecule has 0 radical (unpaired) electrons. The van der Waals surface area contributed by atoms with E-state index in [1.54, 1.807) is 38.6 Å². The number of ether oxygens (including phenoxy) is 2. The molecule has 0 aliphatic carbocycles. The number of benzene rings is 2. The van der Waals surface area contributed by atoms with Crippen molar-refractivity contribution in [1.82, 2.24) is 20.2 Å². The number of fused-ring (bicyclic) bond motifs is 1. The second kappa shape index (κ2) is 8.95. The lowest BCUT2D eigenvalue weighted by atomic mass is 10.1. The lowest BCUT2D eigenvalue weighted by Crippen LogP contribution is -2.13. The van der Waals surface area contributed by atoms with E-state index in [0.29, 0.717) is 28.6 Å². The van der Waals surface area contributed by atoms with Crippen molar-refractivity contribution >= 4 is 33.3 Å². The number of aromatic amines is 1. The second-order valence-corrected chi connectivity index (χ2v) is 8.54. The molecule has 0 atom stereocenters. The van der Waals surface area contributed by atoms with Gasteiger partial charge in [-0.2, -0.15) is 5.10 Å². The quantitative estimate of drug-likeness (QED) is 0.347. The third-order valence-corrected chi connectivity index (χ3v) is 6.43. The number of hydrogen-bond acceptors (Lipinski definition) is 7. The fourth-order valence-corrected chi connectivity index (χ4v) is 4.47. The zero-order chi connectivity index (χ0) is 23.7. The minimum Gasteiger partial charge on any atom is -0.497 e. The molecule has 9 heteroatoms. The number of aryl methyl sites for hydroxylation is 1. The minimum atomic E-state index is -0.299. The Morgan fingerprint density at radius 2 is 1.94 bits per heavy atom. The first-order chi connectivity index (χ1) is 16.6. The van der Waals surface area contributed by atoms with Crippen LogP contribution in [0.25, 0.3) is 32.2 Å². The van der Waals surface area contributed by atoms with Crippen molar-refractivity contribution in [1.29, 1.82) is 0 Å².